The van der Waals surface area contributed by atoms with Gasteiger partial charge in [-0.1, -0.05) is 43.3 Å². The number of aryl methyl sites for hydroxylation is 1. The van der Waals surface area contributed by atoms with Crippen molar-refractivity contribution in [1.29, 1.82) is 0 Å². The van der Waals surface area contributed by atoms with E-state index in [9.17, 15) is 15.3 Å². The number of hydrogen-bond acceptors (Lipinski definition) is 7. The van der Waals surface area contributed by atoms with Gasteiger partial charge >= 0.3 is 0 Å². The van der Waals surface area contributed by atoms with Crippen LogP contribution in [0.2, 0.25) is 0 Å². The molecule has 1 aromatic heterocycles. The number of nitrogens with zero attached hydrogens (tertiary/aromatic N) is 3. The number of rotatable bonds is 12. The van der Waals surface area contributed by atoms with Crippen LogP contribution in [0.3, 0.4) is 0 Å². The van der Waals surface area contributed by atoms with Crippen molar-refractivity contribution < 1.29 is 24.8 Å². The highest BCUT2D eigenvalue weighted by molar-refractivity contribution is 14.1. The van der Waals surface area contributed by atoms with Gasteiger partial charge in [-0.05, 0) is 64.4 Å². The molecule has 0 spiro atoms. The van der Waals surface area contributed by atoms with Crippen molar-refractivity contribution >= 4 is 34.2 Å². The highest BCUT2D eigenvalue weighted by atomic mass is 127. The van der Waals surface area contributed by atoms with Gasteiger partial charge in [0.15, 0.2) is 0 Å². The van der Waals surface area contributed by atoms with Gasteiger partial charge in [-0.25, -0.2) is 4.68 Å². The van der Waals surface area contributed by atoms with Crippen LogP contribution in [-0.2, 0) is 18.6 Å². The Hall–Kier alpha value is -1.92. The summed E-state index contributed by atoms with van der Waals surface area (Å²) >= 11 is 7.65. The largest absolute Gasteiger partial charge is 0.491 e. The van der Waals surface area contributed by atoms with Gasteiger partial charge in [0.25, 0.3) is 0 Å². The van der Waals surface area contributed by atoms with E-state index in [1.807, 2.05) is 65.9 Å². The average Bonchev–Trinajstić information content (AvgIpc) is 3.20. The Morgan fingerprint density at radius 1 is 1.03 bits per heavy atom. The quantitative estimate of drug-likeness (QED) is 0.212. The van der Waals surface area contributed by atoms with Gasteiger partial charge in [0.1, 0.15) is 46.3 Å². The molecule has 2 aromatic carbocycles. The first-order valence-electron chi connectivity index (χ1n) is 11.2. The Morgan fingerprint density at radius 2 is 1.69 bits per heavy atom. The third-order valence-corrected chi connectivity index (χ3v) is 7.33. The van der Waals surface area contributed by atoms with Crippen LogP contribution in [0.4, 0.5) is 0 Å². The van der Waals surface area contributed by atoms with Gasteiger partial charge in [0, 0.05) is 5.41 Å². The Balaban J connectivity index is 1.62. The highest BCUT2D eigenvalue weighted by Gasteiger charge is 2.24. The van der Waals surface area contributed by atoms with Crippen molar-refractivity contribution in [3.8, 4) is 11.5 Å². The summed E-state index contributed by atoms with van der Waals surface area (Å²) in [6.45, 7) is 6.58. The smallest absolute Gasteiger partial charge is 0.125 e. The van der Waals surface area contributed by atoms with Crippen molar-refractivity contribution in [2.75, 3.05) is 19.1 Å². The molecule has 0 saturated carbocycles. The Bertz CT molecular complexity index is 1110. The summed E-state index contributed by atoms with van der Waals surface area (Å²) in [5.41, 5.74) is 3.44. The third-order valence-electron chi connectivity index (χ3n) is 5.80. The van der Waals surface area contributed by atoms with E-state index in [-0.39, 0.29) is 37.7 Å². The van der Waals surface area contributed by atoms with Gasteiger partial charge in [0.05, 0.1) is 19.0 Å². The number of alkyl halides is 1. The molecule has 0 radical (unpaired) electrons. The monoisotopic (exact) mass is 615 g/mol. The third kappa shape index (κ3) is 7.07. The first-order chi connectivity index (χ1) is 16.6. The van der Waals surface area contributed by atoms with Crippen molar-refractivity contribution in [2.45, 2.75) is 51.5 Å². The van der Waals surface area contributed by atoms with Crippen LogP contribution in [0.5, 0.6) is 11.5 Å². The molecule has 0 amide bonds. The van der Waals surface area contributed by atoms with Crippen molar-refractivity contribution in [3.05, 3.63) is 68.5 Å². The fourth-order valence-electron chi connectivity index (χ4n) is 3.56. The number of hydrogen-bond donors (Lipinski definition) is 3. The minimum atomic E-state index is -0.779. The molecule has 3 N–H and O–H groups in total. The van der Waals surface area contributed by atoms with Crippen molar-refractivity contribution in [3.63, 3.8) is 0 Å². The molecular weight excluding hydrogens is 585 g/mol. The lowest BCUT2D eigenvalue weighted by Crippen LogP contribution is -2.25. The molecule has 0 aliphatic rings. The maximum atomic E-state index is 10.4. The van der Waals surface area contributed by atoms with Crippen LogP contribution in [-0.4, -0.2) is 61.6 Å². The normalized spacial score (nSPS) is 13.5. The first kappa shape index (κ1) is 27.7. The fraction of sp³-hybridized carbons (Fsp3) is 0.440. The second-order valence-corrected chi connectivity index (χ2v) is 10.2. The molecule has 190 valence electrons. The van der Waals surface area contributed by atoms with E-state index in [0.29, 0.717) is 20.9 Å². The van der Waals surface area contributed by atoms with E-state index in [4.69, 9.17) is 21.1 Å². The van der Waals surface area contributed by atoms with Gasteiger partial charge in [0.2, 0.25) is 0 Å². The summed E-state index contributed by atoms with van der Waals surface area (Å²) in [5.74, 6) is 1.52. The zero-order valence-electron chi connectivity index (χ0n) is 20.0. The van der Waals surface area contributed by atoms with Crippen molar-refractivity contribution in [2.24, 2.45) is 0 Å². The molecule has 3 aromatic rings. The maximum absolute atomic E-state index is 10.4. The number of halogens is 2. The molecule has 2 unspecified atom stereocenters. The minimum Gasteiger partial charge on any atom is -0.491 e. The van der Waals surface area contributed by atoms with E-state index in [0.717, 1.165) is 16.7 Å². The molecule has 0 fully saturated rings. The number of aliphatic hydroxyl groups is 3. The lowest BCUT2D eigenvalue weighted by atomic mass is 9.77. The van der Waals surface area contributed by atoms with Crippen LogP contribution < -0.4 is 9.47 Å². The van der Waals surface area contributed by atoms with Gasteiger partial charge in [-0.15, -0.1) is 16.7 Å². The summed E-state index contributed by atoms with van der Waals surface area (Å²) in [4.78, 5) is 0. The second kappa shape index (κ2) is 12.4. The Morgan fingerprint density at radius 3 is 2.29 bits per heavy atom. The lowest BCUT2D eigenvalue weighted by Gasteiger charge is -2.27. The molecule has 35 heavy (non-hydrogen) atoms. The van der Waals surface area contributed by atoms with Gasteiger partial charge < -0.3 is 24.8 Å². The van der Waals surface area contributed by atoms with Crippen LogP contribution in [0.1, 0.15) is 36.2 Å². The Labute approximate surface area is 224 Å². The maximum Gasteiger partial charge on any atom is 0.125 e. The molecular formula is C25H31ClIN3O5. The zero-order valence-corrected chi connectivity index (χ0v) is 22.9. The molecule has 3 rings (SSSR count). The molecule has 0 bridgehead atoms. The number of ether oxygens (including phenoxy) is 2. The summed E-state index contributed by atoms with van der Waals surface area (Å²) in [6.07, 6.45) is -1.47. The predicted molar refractivity (Wildman–Crippen MR) is 142 cm³/mol. The van der Waals surface area contributed by atoms with Crippen LogP contribution in [0, 0.1) is 10.6 Å². The molecule has 1 heterocycles. The molecule has 0 aliphatic heterocycles. The predicted octanol–water partition coefficient (Wildman–Crippen LogP) is 3.43. The van der Waals surface area contributed by atoms with Gasteiger partial charge in [-0.3, -0.25) is 0 Å². The highest BCUT2D eigenvalue weighted by Crippen LogP contribution is 2.34. The molecule has 8 nitrogen and oxygen atoms in total. The first-order valence-corrected chi connectivity index (χ1v) is 12.8. The standard InChI is InChI=1S/C25H31ClIN3O5/c1-16-10-18(25(2,3)17-4-7-21(8-5-17)34-14-19(32)11-26)6-9-23(16)35-15-20(33)12-30-24(27)22(13-31)28-29-30/h4-10,19-20,31-33H,11-15H2,1-3H3. The zero-order chi connectivity index (χ0) is 25.6. The number of aliphatic hydroxyl groups excluding tert-OH is 3. The second-order valence-electron chi connectivity index (χ2n) is 8.88. The van der Waals surface area contributed by atoms with Crippen LogP contribution >= 0.6 is 34.2 Å². The number of benzene rings is 2. The summed E-state index contributed by atoms with van der Waals surface area (Å²) < 4.78 is 13.7. The van der Waals surface area contributed by atoms with Gasteiger partial charge in [-0.2, -0.15) is 0 Å². The van der Waals surface area contributed by atoms with Crippen LogP contribution in [0.25, 0.3) is 0 Å². The average molecular weight is 616 g/mol. The molecule has 0 aliphatic carbocycles. The van der Waals surface area contributed by atoms with E-state index in [2.05, 4.69) is 30.2 Å². The molecule has 2 atom stereocenters. The summed E-state index contributed by atoms with van der Waals surface area (Å²) in [5, 5.41) is 37.0. The van der Waals surface area contributed by atoms with E-state index >= 15 is 0 Å². The van der Waals surface area contributed by atoms with E-state index < -0.39 is 12.2 Å². The molecule has 0 saturated heterocycles. The Kier molecular flexibility index (Phi) is 9.77. The van der Waals surface area contributed by atoms with Crippen LogP contribution in [0.15, 0.2) is 42.5 Å². The summed E-state index contributed by atoms with van der Waals surface area (Å²) in [7, 11) is 0. The summed E-state index contributed by atoms with van der Waals surface area (Å²) in [6, 6.07) is 13.9. The fourth-order valence-corrected chi connectivity index (χ4v) is 4.22. The number of aromatic nitrogens is 3. The molecule has 10 heteroatoms. The van der Waals surface area contributed by atoms with Crippen molar-refractivity contribution in [1.82, 2.24) is 15.0 Å². The van der Waals surface area contributed by atoms with E-state index in [1.54, 1.807) is 4.68 Å². The topological polar surface area (TPSA) is 110 Å². The SMILES string of the molecule is Cc1cc(C(C)(C)c2ccc(OCC(O)CCl)cc2)ccc1OCC(O)Cn1nnc(CO)c1I. The lowest BCUT2D eigenvalue weighted by molar-refractivity contribution is 0.0878. The minimum absolute atomic E-state index is 0.105. The van der Waals surface area contributed by atoms with E-state index in [1.165, 1.54) is 0 Å².